The molecule has 0 saturated carbocycles. The van der Waals surface area contributed by atoms with E-state index >= 15 is 0 Å². The van der Waals surface area contributed by atoms with Crippen LogP contribution < -0.4 is 10.1 Å². The standard InChI is InChI=1S/C17H18N6O2/c1-5-11(7-6-10(2)3)14-22-23-17(25-14)21-16-19-12-8-9-18-15(24-4)13(12)20-16/h5-9H,1H2,2-4H3,(H2,19,20,21,23)/b11-7+. The Hall–Kier alpha value is -3.42. The van der Waals surface area contributed by atoms with Crippen molar-refractivity contribution in [2.45, 2.75) is 13.8 Å². The number of pyridine rings is 1. The summed E-state index contributed by atoms with van der Waals surface area (Å²) in [5.41, 5.74) is 3.28. The first kappa shape index (κ1) is 16.4. The number of ether oxygens (including phenoxy) is 1. The molecule has 3 aromatic rings. The van der Waals surface area contributed by atoms with Crippen molar-refractivity contribution in [3.63, 3.8) is 0 Å². The van der Waals surface area contributed by atoms with Gasteiger partial charge in [0.15, 0.2) is 5.52 Å². The van der Waals surface area contributed by atoms with Gasteiger partial charge in [0.2, 0.25) is 17.7 Å². The summed E-state index contributed by atoms with van der Waals surface area (Å²) in [7, 11) is 1.55. The van der Waals surface area contributed by atoms with Crippen LogP contribution in [0, 0.1) is 0 Å². The maximum Gasteiger partial charge on any atom is 0.322 e. The number of aromatic nitrogens is 5. The molecule has 0 radical (unpaired) electrons. The lowest BCUT2D eigenvalue weighted by atomic mass is 10.2. The maximum absolute atomic E-state index is 5.62. The van der Waals surface area contributed by atoms with E-state index in [1.807, 2.05) is 26.0 Å². The Balaban J connectivity index is 1.85. The van der Waals surface area contributed by atoms with Crippen molar-refractivity contribution in [2.75, 3.05) is 12.4 Å². The molecule has 0 unspecified atom stereocenters. The van der Waals surface area contributed by atoms with E-state index in [2.05, 4.69) is 37.0 Å². The minimum atomic E-state index is 0.214. The molecule has 3 aromatic heterocycles. The molecule has 0 atom stereocenters. The number of hydrogen-bond acceptors (Lipinski definition) is 7. The number of nitrogens with one attached hydrogen (secondary N) is 2. The van der Waals surface area contributed by atoms with Crippen molar-refractivity contribution in [2.24, 2.45) is 0 Å². The van der Waals surface area contributed by atoms with E-state index in [0.29, 0.717) is 23.2 Å². The zero-order valence-electron chi connectivity index (χ0n) is 14.2. The van der Waals surface area contributed by atoms with E-state index in [4.69, 9.17) is 9.15 Å². The number of rotatable bonds is 6. The first-order chi connectivity index (χ1) is 12.1. The highest BCUT2D eigenvalue weighted by Gasteiger charge is 2.13. The summed E-state index contributed by atoms with van der Waals surface area (Å²) in [5, 5.41) is 10.9. The van der Waals surface area contributed by atoms with E-state index in [1.165, 1.54) is 0 Å². The number of hydrogen-bond donors (Lipinski definition) is 2. The van der Waals surface area contributed by atoms with E-state index < -0.39 is 0 Å². The van der Waals surface area contributed by atoms with Gasteiger partial charge in [-0.3, -0.25) is 5.32 Å². The van der Waals surface area contributed by atoms with Crippen molar-refractivity contribution in [3.05, 3.63) is 48.5 Å². The number of aromatic amines is 1. The third-order valence-electron chi connectivity index (χ3n) is 3.27. The number of nitrogens with zero attached hydrogens (tertiary/aromatic N) is 4. The van der Waals surface area contributed by atoms with Gasteiger partial charge >= 0.3 is 6.01 Å². The second-order valence-electron chi connectivity index (χ2n) is 5.41. The molecule has 8 heteroatoms. The van der Waals surface area contributed by atoms with E-state index in [-0.39, 0.29) is 6.01 Å². The number of H-pyrrole nitrogens is 1. The van der Waals surface area contributed by atoms with Crippen LogP contribution in [0.3, 0.4) is 0 Å². The lowest BCUT2D eigenvalue weighted by molar-refractivity contribution is 0.402. The first-order valence-electron chi connectivity index (χ1n) is 7.58. The molecule has 0 aliphatic heterocycles. The van der Waals surface area contributed by atoms with Crippen LogP contribution >= 0.6 is 0 Å². The second-order valence-corrected chi connectivity index (χ2v) is 5.41. The van der Waals surface area contributed by atoms with Gasteiger partial charge < -0.3 is 14.1 Å². The van der Waals surface area contributed by atoms with Crippen LogP contribution in [0.25, 0.3) is 16.6 Å². The SMILES string of the molecule is C=C/C(=C\C=C(C)C)c1nnc(Nc2nc3c(OC)nccc3[nH]2)o1. The molecule has 0 aliphatic rings. The fourth-order valence-corrected chi connectivity index (χ4v) is 2.09. The van der Waals surface area contributed by atoms with Gasteiger partial charge in [0.05, 0.1) is 12.6 Å². The largest absolute Gasteiger partial charge is 0.479 e. The Morgan fingerprint density at radius 2 is 2.16 bits per heavy atom. The Morgan fingerprint density at radius 1 is 1.32 bits per heavy atom. The molecule has 25 heavy (non-hydrogen) atoms. The third kappa shape index (κ3) is 3.57. The van der Waals surface area contributed by atoms with Crippen molar-refractivity contribution < 1.29 is 9.15 Å². The van der Waals surface area contributed by atoms with Gasteiger partial charge in [-0.1, -0.05) is 29.4 Å². The predicted octanol–water partition coefficient (Wildman–Crippen LogP) is 3.63. The Labute approximate surface area is 144 Å². The summed E-state index contributed by atoms with van der Waals surface area (Å²) in [6, 6.07) is 2.01. The molecular formula is C17H18N6O2. The number of imidazole rings is 1. The molecule has 0 fully saturated rings. The van der Waals surface area contributed by atoms with Crippen LogP contribution in [0.4, 0.5) is 12.0 Å². The maximum atomic E-state index is 5.62. The highest BCUT2D eigenvalue weighted by atomic mass is 16.5. The second kappa shape index (κ2) is 7.00. The highest BCUT2D eigenvalue weighted by Crippen LogP contribution is 2.24. The Morgan fingerprint density at radius 3 is 2.88 bits per heavy atom. The summed E-state index contributed by atoms with van der Waals surface area (Å²) in [4.78, 5) is 11.6. The quantitative estimate of drug-likeness (QED) is 0.662. The zero-order chi connectivity index (χ0) is 17.8. The van der Waals surface area contributed by atoms with Gasteiger partial charge in [-0.25, -0.2) is 9.97 Å². The molecule has 3 heterocycles. The van der Waals surface area contributed by atoms with Crippen LogP contribution in [-0.2, 0) is 0 Å². The molecule has 0 aromatic carbocycles. The molecule has 0 spiro atoms. The summed E-state index contributed by atoms with van der Waals surface area (Å²) in [6.45, 7) is 7.78. The number of methoxy groups -OCH3 is 1. The van der Waals surface area contributed by atoms with Crippen LogP contribution in [0.15, 0.2) is 47.1 Å². The summed E-state index contributed by atoms with van der Waals surface area (Å²) in [6.07, 6.45) is 7.12. The predicted molar refractivity (Wildman–Crippen MR) is 95.6 cm³/mol. The average Bonchev–Trinajstić information content (AvgIpc) is 3.21. The van der Waals surface area contributed by atoms with Gasteiger partial charge in [-0.15, -0.1) is 5.10 Å². The fourth-order valence-electron chi connectivity index (χ4n) is 2.09. The van der Waals surface area contributed by atoms with Crippen molar-refractivity contribution in [1.29, 1.82) is 0 Å². The molecule has 128 valence electrons. The van der Waals surface area contributed by atoms with Crippen LogP contribution in [0.5, 0.6) is 5.88 Å². The molecule has 8 nitrogen and oxygen atoms in total. The van der Waals surface area contributed by atoms with Crippen molar-refractivity contribution in [1.82, 2.24) is 25.1 Å². The van der Waals surface area contributed by atoms with E-state index in [9.17, 15) is 0 Å². The van der Waals surface area contributed by atoms with Gasteiger partial charge in [-0.2, -0.15) is 0 Å². The van der Waals surface area contributed by atoms with Crippen LogP contribution in [0.2, 0.25) is 0 Å². The van der Waals surface area contributed by atoms with Crippen LogP contribution in [0.1, 0.15) is 19.7 Å². The molecule has 0 bridgehead atoms. The van der Waals surface area contributed by atoms with Gasteiger partial charge in [-0.05, 0) is 26.0 Å². The molecule has 3 rings (SSSR count). The Bertz CT molecular complexity index is 963. The summed E-state index contributed by atoms with van der Waals surface area (Å²) >= 11 is 0. The normalized spacial score (nSPS) is 11.4. The molecule has 0 saturated heterocycles. The third-order valence-corrected chi connectivity index (χ3v) is 3.27. The topological polar surface area (TPSA) is 102 Å². The van der Waals surface area contributed by atoms with E-state index in [0.717, 1.165) is 16.7 Å². The monoisotopic (exact) mass is 338 g/mol. The number of fused-ring (bicyclic) bond motifs is 1. The van der Waals surface area contributed by atoms with E-state index in [1.54, 1.807) is 25.4 Å². The molecule has 0 amide bonds. The molecular weight excluding hydrogens is 320 g/mol. The zero-order valence-corrected chi connectivity index (χ0v) is 14.2. The van der Waals surface area contributed by atoms with Gasteiger partial charge in [0, 0.05) is 11.8 Å². The fraction of sp³-hybridized carbons (Fsp3) is 0.176. The Kier molecular flexibility index (Phi) is 4.60. The smallest absolute Gasteiger partial charge is 0.322 e. The lowest BCUT2D eigenvalue weighted by Crippen LogP contribution is -1.92. The van der Waals surface area contributed by atoms with Crippen molar-refractivity contribution >= 4 is 28.6 Å². The number of allylic oxidation sites excluding steroid dienone is 5. The van der Waals surface area contributed by atoms with Gasteiger partial charge in [0.25, 0.3) is 0 Å². The number of anilines is 2. The van der Waals surface area contributed by atoms with Crippen LogP contribution in [-0.4, -0.2) is 32.3 Å². The van der Waals surface area contributed by atoms with Crippen molar-refractivity contribution in [3.8, 4) is 5.88 Å². The highest BCUT2D eigenvalue weighted by molar-refractivity contribution is 5.82. The summed E-state index contributed by atoms with van der Waals surface area (Å²) < 4.78 is 10.8. The summed E-state index contributed by atoms with van der Waals surface area (Å²) in [5.74, 6) is 1.25. The van der Waals surface area contributed by atoms with Gasteiger partial charge in [0.1, 0.15) is 0 Å². The average molecular weight is 338 g/mol. The lowest BCUT2D eigenvalue weighted by Gasteiger charge is -1.96. The minimum Gasteiger partial charge on any atom is -0.479 e. The first-order valence-corrected chi connectivity index (χ1v) is 7.58. The minimum absolute atomic E-state index is 0.214. The molecule has 0 aliphatic carbocycles. The molecule has 2 N–H and O–H groups in total.